The van der Waals surface area contributed by atoms with E-state index < -0.39 is 5.97 Å². The molecule has 4 nitrogen and oxygen atoms in total. The van der Waals surface area contributed by atoms with Gasteiger partial charge in [-0.1, -0.05) is 11.6 Å². The van der Waals surface area contributed by atoms with E-state index in [2.05, 4.69) is 5.32 Å². The molecule has 1 aliphatic rings. The lowest BCUT2D eigenvalue weighted by Gasteiger charge is -2.26. The lowest BCUT2D eigenvalue weighted by atomic mass is 10.1. The maximum atomic E-state index is 11.2. The average molecular weight is 243 g/mol. The molecule has 0 radical (unpaired) electrons. The normalized spacial score (nSPS) is 17.6. The summed E-state index contributed by atoms with van der Waals surface area (Å²) in [5, 5.41) is 12.8. The molecule has 1 aromatic rings. The van der Waals surface area contributed by atoms with Gasteiger partial charge in [-0.25, -0.2) is 4.79 Å². The Bertz CT molecular complexity index is 408. The monoisotopic (exact) mass is 242 g/mol. The minimum Gasteiger partial charge on any atom is -0.477 e. The van der Waals surface area contributed by atoms with Crippen LogP contribution in [-0.4, -0.2) is 28.7 Å². The summed E-state index contributed by atoms with van der Waals surface area (Å²) in [6.45, 7) is 3.76. The predicted octanol–water partition coefficient (Wildman–Crippen LogP) is 2.07. The summed E-state index contributed by atoms with van der Waals surface area (Å²) >= 11 is 5.95. The van der Waals surface area contributed by atoms with Crippen LogP contribution in [0.3, 0.4) is 0 Å². The van der Waals surface area contributed by atoms with Crippen LogP contribution in [0.2, 0.25) is 5.02 Å². The summed E-state index contributed by atoms with van der Waals surface area (Å²) in [6, 6.07) is 1.98. The van der Waals surface area contributed by atoms with E-state index in [4.69, 9.17) is 16.7 Å². The predicted molar refractivity (Wildman–Crippen MR) is 62.3 cm³/mol. The smallest absolute Gasteiger partial charge is 0.354 e. The van der Waals surface area contributed by atoms with Crippen LogP contribution >= 0.6 is 11.6 Å². The fraction of sp³-hybridized carbons (Fsp3) is 0.545. The van der Waals surface area contributed by atoms with Gasteiger partial charge in [0.25, 0.3) is 0 Å². The second kappa shape index (κ2) is 4.47. The van der Waals surface area contributed by atoms with Crippen LogP contribution in [0.5, 0.6) is 0 Å². The molecule has 0 bridgehead atoms. The van der Waals surface area contributed by atoms with Crippen molar-refractivity contribution < 1.29 is 9.90 Å². The summed E-state index contributed by atoms with van der Waals surface area (Å²) in [5.41, 5.74) is 1.15. The van der Waals surface area contributed by atoms with Gasteiger partial charge in [-0.15, -0.1) is 0 Å². The fourth-order valence-corrected chi connectivity index (χ4v) is 2.68. The molecule has 16 heavy (non-hydrogen) atoms. The maximum Gasteiger partial charge on any atom is 0.354 e. The zero-order chi connectivity index (χ0) is 11.7. The molecule has 1 saturated heterocycles. The van der Waals surface area contributed by atoms with Gasteiger partial charge in [0.05, 0.1) is 5.02 Å². The van der Waals surface area contributed by atoms with E-state index in [1.165, 1.54) is 0 Å². The molecule has 5 heteroatoms. The number of nitrogens with one attached hydrogen (secondary N) is 1. The Morgan fingerprint density at radius 1 is 1.56 bits per heavy atom. The first-order valence-electron chi connectivity index (χ1n) is 5.42. The number of aromatic nitrogens is 1. The molecule has 2 N–H and O–H groups in total. The second-order valence-corrected chi connectivity index (χ2v) is 4.55. The van der Waals surface area contributed by atoms with E-state index in [9.17, 15) is 4.79 Å². The second-order valence-electron chi connectivity index (χ2n) is 4.14. The van der Waals surface area contributed by atoms with Gasteiger partial charge in [-0.3, -0.25) is 0 Å². The molecule has 0 aromatic carbocycles. The minimum atomic E-state index is -0.948. The molecule has 2 heterocycles. The number of hydrogen-bond donors (Lipinski definition) is 2. The highest BCUT2D eigenvalue weighted by molar-refractivity contribution is 6.33. The molecule has 1 aliphatic heterocycles. The number of carbonyl (C=O) groups is 1. The topological polar surface area (TPSA) is 54.3 Å². The number of nitrogens with zero attached hydrogens (tertiary/aromatic N) is 1. The van der Waals surface area contributed by atoms with Gasteiger partial charge in [0.15, 0.2) is 0 Å². The molecule has 1 aromatic heterocycles. The third-order valence-electron chi connectivity index (χ3n) is 3.06. The Labute approximate surface area is 99.2 Å². The van der Waals surface area contributed by atoms with Crippen LogP contribution < -0.4 is 5.32 Å². The van der Waals surface area contributed by atoms with Crippen molar-refractivity contribution in [1.82, 2.24) is 9.88 Å². The Balaban J connectivity index is 2.41. The first kappa shape index (κ1) is 11.5. The molecule has 0 saturated carbocycles. The summed E-state index contributed by atoms with van der Waals surface area (Å²) in [5.74, 6) is -0.948. The number of carboxylic acids is 1. The van der Waals surface area contributed by atoms with Crippen molar-refractivity contribution in [3.05, 3.63) is 22.5 Å². The van der Waals surface area contributed by atoms with Gasteiger partial charge < -0.3 is 15.0 Å². The van der Waals surface area contributed by atoms with Gasteiger partial charge in [0.1, 0.15) is 5.69 Å². The fourth-order valence-electron chi connectivity index (χ4n) is 2.35. The van der Waals surface area contributed by atoms with Crippen LogP contribution in [0.15, 0.2) is 6.07 Å². The van der Waals surface area contributed by atoms with Crippen molar-refractivity contribution in [3.8, 4) is 0 Å². The minimum absolute atomic E-state index is 0.228. The Hall–Kier alpha value is -1.00. The largest absolute Gasteiger partial charge is 0.477 e. The number of hydrogen-bond acceptors (Lipinski definition) is 2. The Kier molecular flexibility index (Phi) is 3.21. The van der Waals surface area contributed by atoms with E-state index in [0.29, 0.717) is 5.02 Å². The van der Waals surface area contributed by atoms with Gasteiger partial charge in [0, 0.05) is 11.7 Å². The molecule has 0 atom stereocenters. The first-order chi connectivity index (χ1) is 7.61. The highest BCUT2D eigenvalue weighted by Gasteiger charge is 2.24. The van der Waals surface area contributed by atoms with Crippen molar-refractivity contribution in [2.45, 2.75) is 25.8 Å². The first-order valence-corrected chi connectivity index (χ1v) is 5.80. The molecule has 0 aliphatic carbocycles. The zero-order valence-corrected chi connectivity index (χ0v) is 9.92. The third-order valence-corrected chi connectivity index (χ3v) is 3.35. The molecule has 0 amide bonds. The molecule has 2 rings (SSSR count). The van der Waals surface area contributed by atoms with Gasteiger partial charge in [0.2, 0.25) is 0 Å². The maximum absolute atomic E-state index is 11.2. The third kappa shape index (κ3) is 1.95. The van der Waals surface area contributed by atoms with Crippen LogP contribution in [0.4, 0.5) is 0 Å². The van der Waals surface area contributed by atoms with Crippen molar-refractivity contribution in [1.29, 1.82) is 0 Å². The van der Waals surface area contributed by atoms with Gasteiger partial charge >= 0.3 is 5.97 Å². The quantitative estimate of drug-likeness (QED) is 0.835. The summed E-state index contributed by atoms with van der Waals surface area (Å²) in [7, 11) is 0. The number of rotatable bonds is 2. The SMILES string of the molecule is Cc1cc(Cl)c(C(=O)O)n1C1CCNCC1. The van der Waals surface area contributed by atoms with Crippen LogP contribution in [0.25, 0.3) is 0 Å². The summed E-state index contributed by atoms with van der Waals surface area (Å²) in [4.78, 5) is 11.2. The molecule has 0 spiro atoms. The van der Waals surface area contributed by atoms with Crippen LogP contribution in [0, 0.1) is 6.92 Å². The van der Waals surface area contributed by atoms with E-state index >= 15 is 0 Å². The van der Waals surface area contributed by atoms with Crippen LogP contribution in [0.1, 0.15) is 35.1 Å². The molecule has 1 fully saturated rings. The molecule has 0 unspecified atom stereocenters. The van der Waals surface area contributed by atoms with E-state index in [1.807, 2.05) is 11.5 Å². The number of carboxylic acid groups (broad SMARTS) is 1. The van der Waals surface area contributed by atoms with E-state index in [-0.39, 0.29) is 11.7 Å². The summed E-state index contributed by atoms with van der Waals surface area (Å²) in [6.07, 6.45) is 1.90. The number of aryl methyl sites for hydroxylation is 1. The van der Waals surface area contributed by atoms with Crippen molar-refractivity contribution in [3.63, 3.8) is 0 Å². The molecular weight excluding hydrogens is 228 g/mol. The highest BCUT2D eigenvalue weighted by Crippen LogP contribution is 2.29. The number of halogens is 1. The average Bonchev–Trinajstić information content (AvgIpc) is 2.55. The van der Waals surface area contributed by atoms with Crippen molar-refractivity contribution in [2.75, 3.05) is 13.1 Å². The van der Waals surface area contributed by atoms with Crippen molar-refractivity contribution >= 4 is 17.6 Å². The van der Waals surface area contributed by atoms with Gasteiger partial charge in [-0.05, 0) is 38.9 Å². The highest BCUT2D eigenvalue weighted by atomic mass is 35.5. The zero-order valence-electron chi connectivity index (χ0n) is 9.16. The lowest BCUT2D eigenvalue weighted by molar-refractivity contribution is 0.0681. The van der Waals surface area contributed by atoms with Crippen molar-refractivity contribution in [2.24, 2.45) is 0 Å². The number of piperidine rings is 1. The molecule has 88 valence electrons. The lowest BCUT2D eigenvalue weighted by Crippen LogP contribution is -2.31. The standard InChI is InChI=1S/C11H15ClN2O2/c1-7-6-9(12)10(11(15)16)14(7)8-2-4-13-5-3-8/h6,8,13H,2-5H2,1H3,(H,15,16). The van der Waals surface area contributed by atoms with E-state index in [0.717, 1.165) is 31.6 Å². The number of aromatic carboxylic acids is 1. The van der Waals surface area contributed by atoms with E-state index in [1.54, 1.807) is 6.07 Å². The summed E-state index contributed by atoms with van der Waals surface area (Å²) < 4.78 is 1.87. The van der Waals surface area contributed by atoms with Crippen LogP contribution in [-0.2, 0) is 0 Å². The Morgan fingerprint density at radius 3 is 2.75 bits per heavy atom. The molecular formula is C11H15ClN2O2. The van der Waals surface area contributed by atoms with Gasteiger partial charge in [-0.2, -0.15) is 0 Å². The Morgan fingerprint density at radius 2 is 2.19 bits per heavy atom.